The minimum absolute atomic E-state index is 0. The molecule has 1 radical (unpaired) electrons. The molecule has 411 valence electrons. The van der Waals surface area contributed by atoms with Gasteiger partial charge in [-0.25, -0.2) is 0 Å². The molecule has 4 aromatic carbocycles. The molecule has 0 aliphatic carbocycles. The van der Waals surface area contributed by atoms with E-state index in [2.05, 4.69) is 62.7 Å². The number of phenols is 2. The van der Waals surface area contributed by atoms with E-state index < -0.39 is 9.85 Å². The summed E-state index contributed by atoms with van der Waals surface area (Å²) in [6, 6.07) is 21.3. The summed E-state index contributed by atoms with van der Waals surface area (Å²) in [5, 5.41) is 57.8. The number of rotatable bonds is 34. The van der Waals surface area contributed by atoms with Gasteiger partial charge in [-0.1, -0.05) is 89.9 Å². The maximum Gasteiger partial charge on any atom is 0.269 e. The third kappa shape index (κ3) is 33.1. The number of unbranched alkanes of at least 4 members (excludes halogenated alkanes) is 18. The number of aromatic hydroxyl groups is 2. The maximum absolute atomic E-state index is 10.7. The van der Waals surface area contributed by atoms with Crippen molar-refractivity contribution in [2.75, 3.05) is 68.6 Å². The van der Waals surface area contributed by atoms with Gasteiger partial charge in [0.25, 0.3) is 11.4 Å². The first kappa shape index (κ1) is 68.5. The van der Waals surface area contributed by atoms with Crippen molar-refractivity contribution in [3.8, 4) is 23.0 Å². The van der Waals surface area contributed by atoms with Gasteiger partial charge in [0.15, 0.2) is 0 Å². The Bertz CT molecular complexity index is 2020. The molecule has 0 spiro atoms. The van der Waals surface area contributed by atoms with E-state index in [-0.39, 0.29) is 73.9 Å². The maximum atomic E-state index is 10.7. The van der Waals surface area contributed by atoms with Gasteiger partial charge < -0.3 is 62.6 Å². The molecule has 0 heterocycles. The van der Waals surface area contributed by atoms with Gasteiger partial charge in [0.1, 0.15) is 34.4 Å². The van der Waals surface area contributed by atoms with Gasteiger partial charge in [0.05, 0.1) is 89.8 Å². The van der Waals surface area contributed by atoms with Gasteiger partial charge in [0, 0.05) is 53.5 Å². The summed E-state index contributed by atoms with van der Waals surface area (Å²) in [5.74, 6) is 1.15. The fraction of sp³-hybridized carbons (Fsp3) is 0.556. The quantitative estimate of drug-likeness (QED) is 0.0115. The van der Waals surface area contributed by atoms with Gasteiger partial charge in [-0.2, -0.15) is 10.2 Å². The Morgan fingerprint density at radius 2 is 0.699 bits per heavy atom. The van der Waals surface area contributed by atoms with Crippen LogP contribution in [-0.4, -0.2) is 97.6 Å². The topological polar surface area (TPSA) is 195 Å². The van der Waals surface area contributed by atoms with Crippen molar-refractivity contribution < 1.29 is 89.5 Å². The Hall–Kier alpha value is -4.52. The minimum Gasteiger partial charge on any atom is -1.00 e. The second-order valence-corrected chi connectivity index (χ2v) is 20.0. The molecule has 16 nitrogen and oxygen atoms in total. The van der Waals surface area contributed by atoms with Crippen molar-refractivity contribution in [2.24, 2.45) is 20.5 Å². The van der Waals surface area contributed by atoms with Crippen molar-refractivity contribution in [1.82, 2.24) is 0 Å². The van der Waals surface area contributed by atoms with Crippen molar-refractivity contribution in [3.63, 3.8) is 0 Å². The monoisotopic (exact) mass is 1190 g/mol. The van der Waals surface area contributed by atoms with Crippen molar-refractivity contribution in [2.45, 2.75) is 128 Å². The standard InChI is InChI=1S/2C27H40N4O4.2BrH.Cu/c2*1-31(2,3)20-12-10-8-6-4-5-7-9-11-13-21-35-25-18-19-26(27(32)22-25)29-28-23-14-16-24(17-15-23)30(33)34;;;/h2*14-19,22H,4-13,20-21H2,1-3H3;2*1H;. The predicted molar refractivity (Wildman–Crippen MR) is 280 cm³/mol. The summed E-state index contributed by atoms with van der Waals surface area (Å²) >= 11 is 0. The number of nitrogens with zero attached hydrogens (tertiary/aromatic N) is 8. The van der Waals surface area contributed by atoms with Crippen LogP contribution in [0.2, 0.25) is 0 Å². The van der Waals surface area contributed by atoms with Gasteiger partial charge in [0.2, 0.25) is 0 Å². The number of phenolic OH excluding ortho intramolecular Hbond substituents is 2. The number of benzene rings is 4. The Morgan fingerprint density at radius 1 is 0.425 bits per heavy atom. The number of quaternary nitrogens is 2. The van der Waals surface area contributed by atoms with E-state index in [9.17, 15) is 30.4 Å². The van der Waals surface area contributed by atoms with Gasteiger partial charge >= 0.3 is 0 Å². The van der Waals surface area contributed by atoms with Crippen LogP contribution in [0.4, 0.5) is 34.1 Å². The number of nitro groups is 2. The second-order valence-electron chi connectivity index (χ2n) is 20.0. The molecule has 0 amide bonds. The summed E-state index contributed by atoms with van der Waals surface area (Å²) in [7, 11) is 13.5. The van der Waals surface area contributed by atoms with E-state index in [0.717, 1.165) is 34.6 Å². The summed E-state index contributed by atoms with van der Waals surface area (Å²) in [4.78, 5) is 20.5. The number of hydrogen-bond donors (Lipinski definition) is 2. The van der Waals surface area contributed by atoms with Gasteiger partial charge in [-0.3, -0.25) is 20.2 Å². The van der Waals surface area contributed by atoms with Crippen LogP contribution in [0.1, 0.15) is 128 Å². The molecule has 0 aromatic heterocycles. The van der Waals surface area contributed by atoms with Crippen LogP contribution in [0.15, 0.2) is 105 Å². The zero-order valence-electron chi connectivity index (χ0n) is 44.0. The summed E-state index contributed by atoms with van der Waals surface area (Å²) < 4.78 is 13.6. The molecule has 4 rings (SSSR count). The van der Waals surface area contributed by atoms with E-state index in [1.165, 1.54) is 176 Å². The Kier molecular flexibility index (Phi) is 36.6. The number of nitro benzene ring substituents is 2. The normalized spacial score (nSPS) is 11.3. The number of halogens is 2. The fourth-order valence-electron chi connectivity index (χ4n) is 7.45. The summed E-state index contributed by atoms with van der Waals surface area (Å²) in [6.07, 6.45) is 25.4. The minimum atomic E-state index is -0.469. The van der Waals surface area contributed by atoms with E-state index in [0.29, 0.717) is 47.5 Å². The van der Waals surface area contributed by atoms with Crippen LogP contribution in [0.25, 0.3) is 0 Å². The average molecular weight is 1190 g/mol. The molecule has 19 heteroatoms. The average Bonchev–Trinajstić information content (AvgIpc) is 3.31. The van der Waals surface area contributed by atoms with Crippen molar-refractivity contribution >= 4 is 34.1 Å². The third-order valence-electron chi connectivity index (χ3n) is 11.5. The number of hydrogen-bond acceptors (Lipinski definition) is 12. The van der Waals surface area contributed by atoms with E-state index in [1.54, 1.807) is 24.3 Å². The molecule has 0 saturated heterocycles. The van der Waals surface area contributed by atoms with Crippen LogP contribution in [0.5, 0.6) is 23.0 Å². The first-order chi connectivity index (χ1) is 33.5. The molecular formula is C54H82Br2CuN8O8. The van der Waals surface area contributed by atoms with Crippen LogP contribution in [-0.2, 0) is 17.1 Å². The number of ether oxygens (including phenoxy) is 2. The van der Waals surface area contributed by atoms with Crippen LogP contribution in [0, 0.1) is 20.2 Å². The fourth-order valence-corrected chi connectivity index (χ4v) is 7.45. The molecule has 0 bridgehead atoms. The van der Waals surface area contributed by atoms with E-state index in [4.69, 9.17) is 9.47 Å². The molecule has 0 aliphatic rings. The van der Waals surface area contributed by atoms with Gasteiger partial charge in [-0.15, -0.1) is 10.2 Å². The van der Waals surface area contributed by atoms with Gasteiger partial charge in [-0.05, 0) is 87.1 Å². The molecule has 0 unspecified atom stereocenters. The summed E-state index contributed by atoms with van der Waals surface area (Å²) in [5.41, 5.74) is 1.53. The zero-order chi connectivity index (χ0) is 51.0. The first-order valence-corrected chi connectivity index (χ1v) is 25.3. The molecule has 4 aromatic rings. The molecular weight excluding hydrogens is 1110 g/mol. The van der Waals surface area contributed by atoms with Crippen molar-refractivity contribution in [1.29, 1.82) is 0 Å². The SMILES string of the molecule is C[N+](C)(C)CCCCCCCCCCCCOc1ccc(N=Nc2ccc([N+](=O)[O-])cc2)c(O)c1.C[N+](C)(C)CCCCCCCCCCCCOc1ccc(N=Nc2ccc([N+](=O)[O-])cc2)c(O)c1.[Br-].[Br-].[Cu]. The van der Waals surface area contributed by atoms with Crippen LogP contribution in [0.3, 0.4) is 0 Å². The molecule has 2 N–H and O–H groups in total. The van der Waals surface area contributed by atoms with Crippen molar-refractivity contribution in [3.05, 3.63) is 105 Å². The predicted octanol–water partition coefficient (Wildman–Crippen LogP) is 9.41. The van der Waals surface area contributed by atoms with Crippen LogP contribution >= 0.6 is 0 Å². The zero-order valence-corrected chi connectivity index (χ0v) is 48.1. The second kappa shape index (κ2) is 39.0. The summed E-state index contributed by atoms with van der Waals surface area (Å²) in [6.45, 7) is 3.77. The molecule has 0 fully saturated rings. The molecule has 0 aliphatic heterocycles. The number of non-ortho nitro benzene ring substituents is 2. The Labute approximate surface area is 466 Å². The van der Waals surface area contributed by atoms with E-state index in [1.807, 2.05) is 0 Å². The molecule has 0 atom stereocenters. The molecule has 0 saturated carbocycles. The number of azo groups is 2. The first-order valence-electron chi connectivity index (χ1n) is 25.3. The smallest absolute Gasteiger partial charge is 0.269 e. The Morgan fingerprint density at radius 3 is 0.959 bits per heavy atom. The molecule has 73 heavy (non-hydrogen) atoms. The third-order valence-corrected chi connectivity index (χ3v) is 11.5. The van der Waals surface area contributed by atoms with Crippen LogP contribution < -0.4 is 43.4 Å². The van der Waals surface area contributed by atoms with E-state index >= 15 is 0 Å². The Balaban J connectivity index is 0.00000136. The largest absolute Gasteiger partial charge is 1.00 e.